The van der Waals surface area contributed by atoms with Crippen LogP contribution in [0.2, 0.25) is 0 Å². The Morgan fingerprint density at radius 1 is 1.29 bits per heavy atom. The molecule has 1 aliphatic rings. The Kier molecular flexibility index (Phi) is 5.91. The van der Waals surface area contributed by atoms with E-state index in [2.05, 4.69) is 4.98 Å². The maximum Gasteiger partial charge on any atom is 0.357 e. The minimum Gasteiger partial charge on any atom is -0.487 e. The molecule has 24 heavy (non-hydrogen) atoms. The van der Waals surface area contributed by atoms with Gasteiger partial charge in [-0.3, -0.25) is 9.59 Å². The van der Waals surface area contributed by atoms with Crippen LogP contribution in [0.3, 0.4) is 0 Å². The summed E-state index contributed by atoms with van der Waals surface area (Å²) in [6.45, 7) is 4.49. The van der Waals surface area contributed by atoms with E-state index < -0.39 is 30.1 Å². The lowest BCUT2D eigenvalue weighted by molar-refractivity contribution is -0.165. The minimum absolute atomic E-state index is 0.0116. The van der Waals surface area contributed by atoms with Crippen LogP contribution in [0, 0.1) is 0 Å². The first kappa shape index (κ1) is 17.9. The van der Waals surface area contributed by atoms with Crippen molar-refractivity contribution in [1.29, 1.82) is 0 Å². The van der Waals surface area contributed by atoms with E-state index in [0.717, 1.165) is 0 Å². The van der Waals surface area contributed by atoms with Crippen LogP contribution in [0.15, 0.2) is 11.5 Å². The molecule has 1 aliphatic heterocycles. The summed E-state index contributed by atoms with van der Waals surface area (Å²) in [7, 11) is 0. The Hall–Kier alpha value is -2.42. The van der Waals surface area contributed by atoms with E-state index >= 15 is 0 Å². The van der Waals surface area contributed by atoms with E-state index in [1.807, 2.05) is 0 Å². The Balaban J connectivity index is 2.20. The molecule has 0 bridgehead atoms. The van der Waals surface area contributed by atoms with Crippen molar-refractivity contribution in [2.75, 3.05) is 13.2 Å². The van der Waals surface area contributed by atoms with Crippen molar-refractivity contribution < 1.29 is 33.3 Å². The Bertz CT molecular complexity index is 667. The quantitative estimate of drug-likeness (QED) is 0.579. The first-order valence-corrected chi connectivity index (χ1v) is 8.10. The number of hydrogen-bond donors (Lipinski definition) is 0. The zero-order valence-corrected chi connectivity index (χ0v) is 14.3. The summed E-state index contributed by atoms with van der Waals surface area (Å²) in [4.78, 5) is 38.2. The number of esters is 3. The number of carbonyl (C=O) groups is 3. The van der Waals surface area contributed by atoms with Crippen molar-refractivity contribution in [2.24, 2.45) is 0 Å². The summed E-state index contributed by atoms with van der Waals surface area (Å²) in [5, 5.41) is 1.99. The van der Waals surface area contributed by atoms with Gasteiger partial charge in [0.2, 0.25) is 0 Å². The second-order valence-electron chi connectivity index (χ2n) is 4.82. The van der Waals surface area contributed by atoms with E-state index in [0.29, 0.717) is 10.8 Å². The number of rotatable bonds is 5. The Morgan fingerprint density at radius 2 is 2.00 bits per heavy atom. The van der Waals surface area contributed by atoms with Gasteiger partial charge in [-0.15, -0.1) is 11.3 Å². The highest BCUT2D eigenvalue weighted by atomic mass is 32.1. The largest absolute Gasteiger partial charge is 0.487 e. The molecule has 0 amide bonds. The van der Waals surface area contributed by atoms with Crippen LogP contribution in [-0.2, 0) is 28.5 Å². The molecule has 2 rings (SSSR count). The molecule has 0 saturated carbocycles. The fourth-order valence-electron chi connectivity index (χ4n) is 2.01. The Labute approximate surface area is 142 Å². The molecule has 0 saturated heterocycles. The molecule has 0 N–H and O–H groups in total. The second kappa shape index (κ2) is 7.91. The number of thiazole rings is 1. The van der Waals surface area contributed by atoms with E-state index in [1.165, 1.54) is 31.3 Å². The summed E-state index contributed by atoms with van der Waals surface area (Å²) in [5.74, 6) is -1.19. The monoisotopic (exact) mass is 355 g/mol. The van der Waals surface area contributed by atoms with Gasteiger partial charge < -0.3 is 18.9 Å². The van der Waals surface area contributed by atoms with Gasteiger partial charge in [-0.2, -0.15) is 0 Å². The van der Waals surface area contributed by atoms with Crippen LogP contribution in [0.25, 0.3) is 5.76 Å². The Morgan fingerprint density at radius 3 is 2.62 bits per heavy atom. The number of ether oxygens (including phenoxy) is 4. The van der Waals surface area contributed by atoms with E-state index in [1.54, 1.807) is 12.3 Å². The molecule has 0 aromatic carbocycles. The number of carbonyl (C=O) groups excluding carboxylic acids is 3. The number of nitrogens with zero attached hydrogens (tertiary/aromatic N) is 1. The van der Waals surface area contributed by atoms with Gasteiger partial charge in [0.05, 0.1) is 6.61 Å². The van der Waals surface area contributed by atoms with Crippen molar-refractivity contribution in [3.05, 3.63) is 22.2 Å². The lowest BCUT2D eigenvalue weighted by atomic mass is 10.1. The van der Waals surface area contributed by atoms with Crippen LogP contribution in [0.5, 0.6) is 0 Å². The zero-order valence-electron chi connectivity index (χ0n) is 13.4. The van der Waals surface area contributed by atoms with Gasteiger partial charge in [0.15, 0.2) is 28.7 Å². The first-order valence-electron chi connectivity index (χ1n) is 7.22. The molecular formula is C15H17NO7S. The SMILES string of the molecule is CCOC(=O)c1csc(C2=C[C@@H](OC(C)=O)[C@@H](OC(C)=O)CO2)n1. The third-order valence-electron chi connectivity index (χ3n) is 2.90. The van der Waals surface area contributed by atoms with Crippen LogP contribution in [-0.4, -0.2) is 48.3 Å². The number of hydrogen-bond acceptors (Lipinski definition) is 9. The van der Waals surface area contributed by atoms with Gasteiger partial charge in [0.1, 0.15) is 6.61 Å². The molecule has 0 unspecified atom stereocenters. The fraction of sp³-hybridized carbons (Fsp3) is 0.467. The lowest BCUT2D eigenvalue weighted by Gasteiger charge is -2.28. The molecule has 1 aromatic heterocycles. The molecule has 0 radical (unpaired) electrons. The van der Waals surface area contributed by atoms with Crippen LogP contribution >= 0.6 is 11.3 Å². The third kappa shape index (κ3) is 4.54. The molecule has 0 spiro atoms. The molecule has 9 heteroatoms. The van der Waals surface area contributed by atoms with Crippen molar-refractivity contribution in [1.82, 2.24) is 4.98 Å². The van der Waals surface area contributed by atoms with E-state index in [4.69, 9.17) is 18.9 Å². The summed E-state index contributed by atoms with van der Waals surface area (Å²) in [6, 6.07) is 0. The molecule has 1 aromatic rings. The first-order chi connectivity index (χ1) is 11.4. The molecule has 130 valence electrons. The average molecular weight is 355 g/mol. The van der Waals surface area contributed by atoms with Crippen LogP contribution in [0.4, 0.5) is 0 Å². The van der Waals surface area contributed by atoms with E-state index in [-0.39, 0.29) is 18.9 Å². The zero-order chi connectivity index (χ0) is 17.7. The highest BCUT2D eigenvalue weighted by Crippen LogP contribution is 2.27. The predicted octanol–water partition coefficient (Wildman–Crippen LogP) is 1.55. The summed E-state index contributed by atoms with van der Waals surface area (Å²) in [5.41, 5.74) is 0.174. The van der Waals surface area contributed by atoms with Gasteiger partial charge in [-0.05, 0) is 6.92 Å². The molecule has 2 atom stereocenters. The average Bonchev–Trinajstić information content (AvgIpc) is 2.98. The molecule has 2 heterocycles. The third-order valence-corrected chi connectivity index (χ3v) is 3.76. The van der Waals surface area contributed by atoms with Gasteiger partial charge in [-0.25, -0.2) is 9.78 Å². The minimum atomic E-state index is -0.787. The standard InChI is InChI=1S/C15H17NO7S/c1-4-20-15(19)10-7-24-14(16-10)12-5-11(22-8(2)17)13(6-21-12)23-9(3)18/h5,7,11,13H,4,6H2,1-3H3/t11-,13+/m1/s1. The van der Waals surface area contributed by atoms with Crippen LogP contribution in [0.1, 0.15) is 36.3 Å². The van der Waals surface area contributed by atoms with Gasteiger partial charge >= 0.3 is 17.9 Å². The highest BCUT2D eigenvalue weighted by Gasteiger charge is 2.32. The maximum atomic E-state index is 11.7. The van der Waals surface area contributed by atoms with E-state index in [9.17, 15) is 14.4 Å². The maximum absolute atomic E-state index is 11.7. The van der Waals surface area contributed by atoms with Crippen molar-refractivity contribution in [3.8, 4) is 0 Å². The molecule has 8 nitrogen and oxygen atoms in total. The van der Waals surface area contributed by atoms with Crippen molar-refractivity contribution in [3.63, 3.8) is 0 Å². The summed E-state index contributed by atoms with van der Waals surface area (Å²) < 4.78 is 20.7. The van der Waals surface area contributed by atoms with Crippen LogP contribution < -0.4 is 0 Å². The lowest BCUT2D eigenvalue weighted by Crippen LogP contribution is -2.39. The molecule has 0 aliphatic carbocycles. The normalized spacial score (nSPS) is 19.7. The predicted molar refractivity (Wildman–Crippen MR) is 83.1 cm³/mol. The number of aromatic nitrogens is 1. The topological polar surface area (TPSA) is 101 Å². The van der Waals surface area contributed by atoms with Crippen molar-refractivity contribution >= 4 is 35.0 Å². The molecular weight excluding hydrogens is 338 g/mol. The summed E-state index contributed by atoms with van der Waals surface area (Å²) in [6.07, 6.45) is -0.0172. The summed E-state index contributed by atoms with van der Waals surface area (Å²) >= 11 is 1.19. The van der Waals surface area contributed by atoms with Gasteiger partial charge in [-0.1, -0.05) is 0 Å². The molecule has 0 fully saturated rings. The van der Waals surface area contributed by atoms with Crippen molar-refractivity contribution in [2.45, 2.75) is 33.0 Å². The van der Waals surface area contributed by atoms with Gasteiger partial charge in [0, 0.05) is 25.3 Å². The fourth-order valence-corrected chi connectivity index (χ4v) is 2.77. The smallest absolute Gasteiger partial charge is 0.357 e. The second-order valence-corrected chi connectivity index (χ2v) is 5.68. The highest BCUT2D eigenvalue weighted by molar-refractivity contribution is 7.10. The van der Waals surface area contributed by atoms with Gasteiger partial charge in [0.25, 0.3) is 0 Å².